The second kappa shape index (κ2) is 5.80. The summed E-state index contributed by atoms with van der Waals surface area (Å²) in [6.45, 7) is 1.24. The van der Waals surface area contributed by atoms with Crippen LogP contribution < -0.4 is 5.32 Å². The molecule has 0 spiro atoms. The van der Waals surface area contributed by atoms with Gasteiger partial charge < -0.3 is 10.4 Å². The molecule has 0 bridgehead atoms. The maximum absolute atomic E-state index is 11.0. The van der Waals surface area contributed by atoms with Crippen LogP contribution in [0.1, 0.15) is 51.4 Å². The van der Waals surface area contributed by atoms with Crippen molar-refractivity contribution >= 4 is 5.97 Å². The second-order valence-corrected chi connectivity index (χ2v) is 6.74. The molecule has 0 aromatic rings. The highest BCUT2D eigenvalue weighted by Gasteiger charge is 2.37. The predicted molar refractivity (Wildman–Crippen MR) is 74.1 cm³/mol. The molecule has 3 fully saturated rings. The molecule has 0 amide bonds. The molecule has 108 valence electrons. The highest BCUT2D eigenvalue weighted by Crippen LogP contribution is 2.34. The average Bonchev–Trinajstić information content (AvgIpc) is 2.96. The number of rotatable bonds is 7. The first-order chi connectivity index (χ1) is 9.20. The zero-order chi connectivity index (χ0) is 13.2. The Kier molecular flexibility index (Phi) is 4.08. The maximum Gasteiger partial charge on any atom is 0.317 e. The van der Waals surface area contributed by atoms with Gasteiger partial charge in [-0.25, -0.2) is 0 Å². The van der Waals surface area contributed by atoms with Crippen LogP contribution in [-0.2, 0) is 4.79 Å². The van der Waals surface area contributed by atoms with Crippen LogP contribution in [0, 0.1) is 5.92 Å². The van der Waals surface area contributed by atoms with Crippen molar-refractivity contribution in [1.82, 2.24) is 10.2 Å². The molecule has 3 saturated carbocycles. The Bertz CT molecular complexity index is 318. The van der Waals surface area contributed by atoms with Crippen molar-refractivity contribution in [3.63, 3.8) is 0 Å². The van der Waals surface area contributed by atoms with Crippen molar-refractivity contribution in [3.05, 3.63) is 0 Å². The normalized spacial score (nSPS) is 31.6. The Morgan fingerprint density at radius 2 is 1.79 bits per heavy atom. The number of hydrogen-bond donors (Lipinski definition) is 2. The Morgan fingerprint density at radius 3 is 2.37 bits per heavy atom. The Labute approximate surface area is 115 Å². The van der Waals surface area contributed by atoms with E-state index in [0.717, 1.165) is 31.3 Å². The van der Waals surface area contributed by atoms with Gasteiger partial charge in [0.15, 0.2) is 0 Å². The lowest BCUT2D eigenvalue weighted by Gasteiger charge is -2.44. The number of hydrogen-bond acceptors (Lipinski definition) is 3. The maximum atomic E-state index is 11.0. The minimum atomic E-state index is -0.673. The molecular formula is C15H26N2O2. The van der Waals surface area contributed by atoms with E-state index in [9.17, 15) is 4.79 Å². The molecule has 0 atom stereocenters. The summed E-state index contributed by atoms with van der Waals surface area (Å²) in [7, 11) is 0. The molecule has 3 aliphatic rings. The number of carboxylic acid groups (broad SMARTS) is 1. The number of aliphatic carboxylic acids is 1. The molecule has 0 aliphatic heterocycles. The summed E-state index contributed by atoms with van der Waals surface area (Å²) in [5.74, 6) is 0.106. The van der Waals surface area contributed by atoms with Crippen molar-refractivity contribution in [2.75, 3.05) is 13.1 Å². The monoisotopic (exact) mass is 266 g/mol. The van der Waals surface area contributed by atoms with Crippen LogP contribution in [0.4, 0.5) is 0 Å². The number of nitrogens with one attached hydrogen (secondary N) is 1. The zero-order valence-electron chi connectivity index (χ0n) is 11.7. The van der Waals surface area contributed by atoms with E-state index in [1.807, 2.05) is 0 Å². The third-order valence-electron chi connectivity index (χ3n) is 4.98. The zero-order valence-corrected chi connectivity index (χ0v) is 11.7. The molecule has 3 aliphatic carbocycles. The average molecular weight is 266 g/mol. The highest BCUT2D eigenvalue weighted by atomic mass is 16.4. The lowest BCUT2D eigenvalue weighted by molar-refractivity contribution is -0.139. The van der Waals surface area contributed by atoms with Gasteiger partial charge in [0, 0.05) is 24.7 Å². The molecule has 0 saturated heterocycles. The van der Waals surface area contributed by atoms with Crippen LogP contribution in [0.3, 0.4) is 0 Å². The molecular weight excluding hydrogens is 240 g/mol. The van der Waals surface area contributed by atoms with Crippen molar-refractivity contribution in [2.45, 2.75) is 69.5 Å². The standard InChI is InChI=1S/C15H26N2O2/c18-15(19)10-17(9-11-5-6-11)14-7-13(8-14)16-12-3-1-2-4-12/h11-14,16H,1-10H2,(H,18,19). The van der Waals surface area contributed by atoms with Crippen LogP contribution in [0.5, 0.6) is 0 Å². The first kappa shape index (κ1) is 13.4. The van der Waals surface area contributed by atoms with E-state index < -0.39 is 5.97 Å². The third kappa shape index (κ3) is 3.69. The number of nitrogens with zero attached hydrogens (tertiary/aromatic N) is 1. The van der Waals surface area contributed by atoms with Gasteiger partial charge in [0.1, 0.15) is 0 Å². The molecule has 0 aromatic carbocycles. The molecule has 19 heavy (non-hydrogen) atoms. The molecule has 4 heteroatoms. The first-order valence-corrected chi connectivity index (χ1v) is 7.92. The van der Waals surface area contributed by atoms with Gasteiger partial charge in [-0.2, -0.15) is 0 Å². The van der Waals surface area contributed by atoms with Crippen molar-refractivity contribution in [2.24, 2.45) is 5.92 Å². The SMILES string of the molecule is O=C(O)CN(CC1CC1)C1CC(NC2CCCC2)C1. The van der Waals surface area contributed by atoms with Gasteiger partial charge in [-0.1, -0.05) is 12.8 Å². The van der Waals surface area contributed by atoms with E-state index in [1.54, 1.807) is 0 Å². The quantitative estimate of drug-likeness (QED) is 0.738. The Balaban J connectivity index is 1.41. The number of carboxylic acids is 1. The van der Waals surface area contributed by atoms with Gasteiger partial charge >= 0.3 is 5.97 Å². The summed E-state index contributed by atoms with van der Waals surface area (Å²) in [6.07, 6.45) is 10.3. The Morgan fingerprint density at radius 1 is 1.11 bits per heavy atom. The van der Waals surface area contributed by atoms with Crippen LogP contribution in [0.25, 0.3) is 0 Å². The van der Waals surface area contributed by atoms with Gasteiger partial charge in [0.2, 0.25) is 0 Å². The smallest absolute Gasteiger partial charge is 0.317 e. The molecule has 0 heterocycles. The first-order valence-electron chi connectivity index (χ1n) is 7.92. The summed E-state index contributed by atoms with van der Waals surface area (Å²) in [5, 5.41) is 12.8. The molecule has 2 N–H and O–H groups in total. The topological polar surface area (TPSA) is 52.6 Å². The van der Waals surface area contributed by atoms with Gasteiger partial charge in [-0.05, 0) is 44.4 Å². The summed E-state index contributed by atoms with van der Waals surface area (Å²) < 4.78 is 0. The largest absolute Gasteiger partial charge is 0.480 e. The second-order valence-electron chi connectivity index (χ2n) is 6.74. The fraction of sp³-hybridized carbons (Fsp3) is 0.933. The fourth-order valence-electron chi connectivity index (χ4n) is 3.60. The predicted octanol–water partition coefficient (Wildman–Crippen LogP) is 1.85. The summed E-state index contributed by atoms with van der Waals surface area (Å²) in [5.41, 5.74) is 0. The van der Waals surface area contributed by atoms with E-state index in [4.69, 9.17) is 5.11 Å². The van der Waals surface area contributed by atoms with Crippen LogP contribution in [-0.4, -0.2) is 47.2 Å². The highest BCUT2D eigenvalue weighted by molar-refractivity contribution is 5.69. The van der Waals surface area contributed by atoms with E-state index in [0.29, 0.717) is 12.1 Å². The molecule has 0 aromatic heterocycles. The van der Waals surface area contributed by atoms with E-state index in [-0.39, 0.29) is 6.54 Å². The molecule has 3 rings (SSSR count). The van der Waals surface area contributed by atoms with Gasteiger partial charge in [0.05, 0.1) is 6.54 Å². The Hall–Kier alpha value is -0.610. The van der Waals surface area contributed by atoms with E-state index in [1.165, 1.54) is 38.5 Å². The van der Waals surface area contributed by atoms with Gasteiger partial charge in [-0.15, -0.1) is 0 Å². The summed E-state index contributed by atoms with van der Waals surface area (Å²) in [4.78, 5) is 13.2. The summed E-state index contributed by atoms with van der Waals surface area (Å²) in [6, 6.07) is 1.89. The van der Waals surface area contributed by atoms with Crippen molar-refractivity contribution in [3.8, 4) is 0 Å². The van der Waals surface area contributed by atoms with Crippen molar-refractivity contribution in [1.29, 1.82) is 0 Å². The minimum Gasteiger partial charge on any atom is -0.480 e. The summed E-state index contributed by atoms with van der Waals surface area (Å²) >= 11 is 0. The van der Waals surface area contributed by atoms with Gasteiger partial charge in [0.25, 0.3) is 0 Å². The van der Waals surface area contributed by atoms with Crippen LogP contribution in [0.15, 0.2) is 0 Å². The fourth-order valence-corrected chi connectivity index (χ4v) is 3.60. The molecule has 4 nitrogen and oxygen atoms in total. The molecule has 0 radical (unpaired) electrons. The minimum absolute atomic E-state index is 0.233. The molecule has 0 unspecified atom stereocenters. The van der Waals surface area contributed by atoms with E-state index in [2.05, 4.69) is 10.2 Å². The van der Waals surface area contributed by atoms with Crippen LogP contribution >= 0.6 is 0 Å². The van der Waals surface area contributed by atoms with Crippen LogP contribution in [0.2, 0.25) is 0 Å². The lowest BCUT2D eigenvalue weighted by atomic mass is 9.84. The van der Waals surface area contributed by atoms with Crippen molar-refractivity contribution < 1.29 is 9.90 Å². The van der Waals surface area contributed by atoms with Gasteiger partial charge in [-0.3, -0.25) is 9.69 Å². The lowest BCUT2D eigenvalue weighted by Crippen LogP contribution is -2.55. The number of carbonyl (C=O) groups is 1. The van der Waals surface area contributed by atoms with E-state index >= 15 is 0 Å². The third-order valence-corrected chi connectivity index (χ3v) is 4.98.